The maximum Gasteiger partial charge on any atom is 0.308 e. The molecule has 1 N–H and O–H groups in total. The lowest BCUT2D eigenvalue weighted by Gasteiger charge is -2.37. The van der Waals surface area contributed by atoms with Gasteiger partial charge in [0.1, 0.15) is 0 Å². The number of piperidine rings is 1. The molecule has 2 aliphatic rings. The summed E-state index contributed by atoms with van der Waals surface area (Å²) >= 11 is 0. The average Bonchev–Trinajstić information content (AvgIpc) is 3.04. The summed E-state index contributed by atoms with van der Waals surface area (Å²) in [4.78, 5) is 13.7. The van der Waals surface area contributed by atoms with E-state index < -0.39 is 5.97 Å². The minimum atomic E-state index is -0.645. The third kappa shape index (κ3) is 3.35. The number of hydrogen-bond donors (Lipinski definition) is 1. The van der Waals surface area contributed by atoms with Crippen molar-refractivity contribution in [2.45, 2.75) is 64.0 Å². The maximum absolute atomic E-state index is 11.3. The molecule has 1 aromatic rings. The second-order valence-electron chi connectivity index (χ2n) is 7.02. The minimum absolute atomic E-state index is 0.126. The molecule has 2 fully saturated rings. The first-order valence-electron chi connectivity index (χ1n) is 8.71. The lowest BCUT2D eigenvalue weighted by atomic mass is 9.90. The van der Waals surface area contributed by atoms with E-state index in [1.54, 1.807) is 0 Å². The van der Waals surface area contributed by atoms with E-state index in [-0.39, 0.29) is 12.0 Å². The molecule has 0 aromatic heterocycles. The van der Waals surface area contributed by atoms with E-state index in [0.717, 1.165) is 31.8 Å². The van der Waals surface area contributed by atoms with Gasteiger partial charge in [0.25, 0.3) is 0 Å². The number of likely N-dealkylation sites (tertiary alicyclic amines) is 1. The zero-order chi connectivity index (χ0) is 15.5. The maximum atomic E-state index is 11.3. The lowest BCUT2D eigenvalue weighted by Crippen LogP contribution is -2.45. The molecule has 1 aromatic carbocycles. The van der Waals surface area contributed by atoms with Crippen LogP contribution >= 0.6 is 0 Å². The Balaban J connectivity index is 1.63. The molecule has 3 rings (SSSR count). The highest BCUT2D eigenvalue weighted by molar-refractivity contribution is 5.70. The molecule has 0 unspecified atom stereocenters. The van der Waals surface area contributed by atoms with Crippen LogP contribution in [0.25, 0.3) is 0 Å². The van der Waals surface area contributed by atoms with Gasteiger partial charge in [0, 0.05) is 12.6 Å². The van der Waals surface area contributed by atoms with Crippen LogP contribution in [0.3, 0.4) is 0 Å². The summed E-state index contributed by atoms with van der Waals surface area (Å²) in [6, 6.07) is 9.18. The molecule has 1 saturated heterocycles. The van der Waals surface area contributed by atoms with Crippen LogP contribution in [-0.2, 0) is 11.3 Å². The van der Waals surface area contributed by atoms with Crippen molar-refractivity contribution in [3.63, 3.8) is 0 Å². The number of hydrogen-bond acceptors (Lipinski definition) is 2. The molecule has 120 valence electrons. The van der Waals surface area contributed by atoms with Crippen LogP contribution in [-0.4, -0.2) is 28.6 Å². The van der Waals surface area contributed by atoms with Crippen molar-refractivity contribution in [1.29, 1.82) is 0 Å². The number of aliphatic carboxylic acids is 1. The molecule has 0 amide bonds. The van der Waals surface area contributed by atoms with Gasteiger partial charge in [-0.3, -0.25) is 9.69 Å². The zero-order valence-corrected chi connectivity index (χ0v) is 13.5. The summed E-state index contributed by atoms with van der Waals surface area (Å²) in [5.74, 6) is -0.0976. The Kier molecular flexibility index (Phi) is 4.82. The normalized spacial score (nSPS) is 27.1. The second kappa shape index (κ2) is 6.82. The van der Waals surface area contributed by atoms with Crippen LogP contribution in [0, 0.1) is 5.92 Å². The summed E-state index contributed by atoms with van der Waals surface area (Å²) in [5.41, 5.74) is 2.79. The summed E-state index contributed by atoms with van der Waals surface area (Å²) in [7, 11) is 0. The summed E-state index contributed by atoms with van der Waals surface area (Å²) in [6.45, 7) is 3.94. The van der Waals surface area contributed by atoms with Crippen molar-refractivity contribution in [2.75, 3.05) is 6.54 Å². The van der Waals surface area contributed by atoms with Crippen molar-refractivity contribution in [2.24, 2.45) is 5.92 Å². The van der Waals surface area contributed by atoms with Crippen LogP contribution in [0.1, 0.15) is 62.5 Å². The van der Waals surface area contributed by atoms with Gasteiger partial charge in [0.15, 0.2) is 0 Å². The van der Waals surface area contributed by atoms with Gasteiger partial charge in [-0.05, 0) is 56.2 Å². The van der Waals surface area contributed by atoms with Crippen LogP contribution in [0.2, 0.25) is 0 Å². The van der Waals surface area contributed by atoms with Gasteiger partial charge in [0.05, 0.1) is 5.92 Å². The van der Waals surface area contributed by atoms with E-state index in [9.17, 15) is 9.90 Å². The fourth-order valence-electron chi connectivity index (χ4n) is 4.16. The van der Waals surface area contributed by atoms with Gasteiger partial charge >= 0.3 is 5.97 Å². The first kappa shape index (κ1) is 15.5. The van der Waals surface area contributed by atoms with Crippen molar-refractivity contribution in [1.82, 2.24) is 4.90 Å². The molecule has 0 radical (unpaired) electrons. The predicted molar refractivity (Wildman–Crippen MR) is 87.9 cm³/mol. The number of nitrogens with zero attached hydrogens (tertiary/aromatic N) is 1. The first-order valence-corrected chi connectivity index (χ1v) is 8.71. The van der Waals surface area contributed by atoms with Crippen LogP contribution in [0.15, 0.2) is 24.3 Å². The topological polar surface area (TPSA) is 40.5 Å². The molecule has 1 heterocycles. The van der Waals surface area contributed by atoms with E-state index in [1.807, 2.05) is 0 Å². The summed E-state index contributed by atoms with van der Waals surface area (Å²) < 4.78 is 0. The van der Waals surface area contributed by atoms with Gasteiger partial charge in [-0.25, -0.2) is 0 Å². The summed E-state index contributed by atoms with van der Waals surface area (Å²) in [5, 5.41) is 9.32. The van der Waals surface area contributed by atoms with Crippen molar-refractivity contribution < 1.29 is 9.90 Å². The quantitative estimate of drug-likeness (QED) is 0.913. The van der Waals surface area contributed by atoms with E-state index in [0.29, 0.717) is 0 Å². The Labute approximate surface area is 133 Å². The minimum Gasteiger partial charge on any atom is -0.481 e. The van der Waals surface area contributed by atoms with Crippen molar-refractivity contribution >= 4 is 5.97 Å². The van der Waals surface area contributed by atoms with Gasteiger partial charge in [-0.15, -0.1) is 0 Å². The molecule has 1 aliphatic carbocycles. The summed E-state index contributed by atoms with van der Waals surface area (Å²) in [6.07, 6.45) is 7.21. The molecule has 0 spiro atoms. The van der Waals surface area contributed by atoms with Crippen LogP contribution in [0.5, 0.6) is 0 Å². The van der Waals surface area contributed by atoms with Gasteiger partial charge in [-0.2, -0.15) is 0 Å². The second-order valence-corrected chi connectivity index (χ2v) is 7.02. The third-order valence-corrected chi connectivity index (χ3v) is 5.63. The van der Waals surface area contributed by atoms with Gasteiger partial charge in [0.2, 0.25) is 0 Å². The average molecular weight is 301 g/mol. The fraction of sp³-hybridized carbons (Fsp3) is 0.632. The van der Waals surface area contributed by atoms with E-state index in [4.69, 9.17) is 0 Å². The lowest BCUT2D eigenvalue weighted by molar-refractivity contribution is -0.145. The SMILES string of the molecule is C[C@@H]1[C@H](C(=O)O)CCCN1Cc1ccc(C2CCCC2)cc1. The van der Waals surface area contributed by atoms with Crippen molar-refractivity contribution in [3.05, 3.63) is 35.4 Å². The number of carboxylic acids is 1. The zero-order valence-electron chi connectivity index (χ0n) is 13.5. The molecule has 3 nitrogen and oxygen atoms in total. The fourth-order valence-corrected chi connectivity index (χ4v) is 4.16. The molecular formula is C19H27NO2. The third-order valence-electron chi connectivity index (χ3n) is 5.63. The van der Waals surface area contributed by atoms with E-state index in [2.05, 4.69) is 36.1 Å². The monoisotopic (exact) mass is 301 g/mol. The van der Waals surface area contributed by atoms with Crippen molar-refractivity contribution in [3.8, 4) is 0 Å². The highest BCUT2D eigenvalue weighted by atomic mass is 16.4. The Morgan fingerprint density at radius 1 is 1.14 bits per heavy atom. The Morgan fingerprint density at radius 3 is 2.45 bits per heavy atom. The number of benzene rings is 1. The molecule has 3 heteroatoms. The highest BCUT2D eigenvalue weighted by Gasteiger charge is 2.32. The molecule has 0 bridgehead atoms. The standard InChI is InChI=1S/C19H27NO2/c1-14-18(19(21)22)7-4-12-20(14)13-15-8-10-17(11-9-15)16-5-2-3-6-16/h8-11,14,16,18H,2-7,12-13H2,1H3,(H,21,22)/t14-,18-/m1/s1. The first-order chi connectivity index (χ1) is 10.6. The van der Waals surface area contributed by atoms with E-state index in [1.165, 1.54) is 36.8 Å². The molecule has 1 saturated carbocycles. The van der Waals surface area contributed by atoms with Gasteiger partial charge in [-0.1, -0.05) is 37.1 Å². The van der Waals surface area contributed by atoms with E-state index >= 15 is 0 Å². The number of carbonyl (C=O) groups is 1. The Hall–Kier alpha value is -1.35. The largest absolute Gasteiger partial charge is 0.481 e. The molecule has 22 heavy (non-hydrogen) atoms. The number of rotatable bonds is 4. The molecular weight excluding hydrogens is 274 g/mol. The van der Waals surface area contributed by atoms with Crippen LogP contribution < -0.4 is 0 Å². The molecule has 1 aliphatic heterocycles. The van der Waals surface area contributed by atoms with Crippen LogP contribution in [0.4, 0.5) is 0 Å². The Morgan fingerprint density at radius 2 is 1.82 bits per heavy atom. The molecule has 2 atom stereocenters. The number of carboxylic acid groups (broad SMARTS) is 1. The smallest absolute Gasteiger partial charge is 0.308 e. The Bertz CT molecular complexity index is 505. The highest BCUT2D eigenvalue weighted by Crippen LogP contribution is 2.34. The predicted octanol–water partition coefficient (Wildman–Crippen LogP) is 4.03. The van der Waals surface area contributed by atoms with Gasteiger partial charge < -0.3 is 5.11 Å².